The van der Waals surface area contributed by atoms with Crippen molar-refractivity contribution in [1.82, 2.24) is 5.32 Å². The van der Waals surface area contributed by atoms with Crippen molar-refractivity contribution >= 4 is 29.4 Å². The lowest BCUT2D eigenvalue weighted by molar-refractivity contribution is -0.0328. The van der Waals surface area contributed by atoms with Gasteiger partial charge in [-0.3, -0.25) is 4.79 Å². The first-order chi connectivity index (χ1) is 9.94. The molecule has 0 fully saturated rings. The van der Waals surface area contributed by atoms with Gasteiger partial charge in [0.05, 0.1) is 5.56 Å². The minimum absolute atomic E-state index is 0.0279. The molecule has 0 atom stereocenters. The predicted octanol–water partition coefficient (Wildman–Crippen LogP) is 3.14. The molecule has 1 rings (SSSR count). The van der Waals surface area contributed by atoms with Crippen molar-refractivity contribution in [2.24, 2.45) is 0 Å². The Hall–Kier alpha value is -0.860. The molecular formula is C13H16F3NO2S2. The van der Waals surface area contributed by atoms with E-state index in [-0.39, 0.29) is 28.8 Å². The molecule has 8 heteroatoms. The monoisotopic (exact) mass is 339 g/mol. The van der Waals surface area contributed by atoms with E-state index in [1.165, 1.54) is 24.3 Å². The Morgan fingerprint density at radius 1 is 1.24 bits per heavy atom. The van der Waals surface area contributed by atoms with Crippen LogP contribution in [-0.2, 0) is 0 Å². The molecule has 0 unspecified atom stereocenters. The lowest BCUT2D eigenvalue weighted by Gasteiger charge is -2.11. The highest BCUT2D eigenvalue weighted by molar-refractivity contribution is 8.00. The summed E-state index contributed by atoms with van der Waals surface area (Å²) in [6.07, 6.45) is 0.684. The van der Waals surface area contributed by atoms with Crippen molar-refractivity contribution in [3.05, 3.63) is 29.8 Å². The summed E-state index contributed by atoms with van der Waals surface area (Å²) in [6.45, 7) is 0.501. The number of benzene rings is 1. The maximum atomic E-state index is 12.4. The average Bonchev–Trinajstić information content (AvgIpc) is 2.41. The lowest BCUT2D eigenvalue weighted by Crippen LogP contribution is -2.26. The second-order valence-corrected chi connectivity index (χ2v) is 6.32. The molecule has 21 heavy (non-hydrogen) atoms. The Bertz CT molecular complexity index is 455. The van der Waals surface area contributed by atoms with Gasteiger partial charge in [0, 0.05) is 23.8 Å². The number of amides is 1. The van der Waals surface area contributed by atoms with Gasteiger partial charge >= 0.3 is 5.51 Å². The molecule has 3 nitrogen and oxygen atoms in total. The zero-order valence-electron chi connectivity index (χ0n) is 11.2. The molecular weight excluding hydrogens is 323 g/mol. The average molecular weight is 339 g/mol. The second kappa shape index (κ2) is 9.22. The largest absolute Gasteiger partial charge is 0.446 e. The summed E-state index contributed by atoms with van der Waals surface area (Å²) in [5, 5.41) is 11.2. The van der Waals surface area contributed by atoms with Gasteiger partial charge in [-0.05, 0) is 36.1 Å². The molecule has 0 saturated carbocycles. The van der Waals surface area contributed by atoms with Crippen LogP contribution in [0.2, 0.25) is 0 Å². The van der Waals surface area contributed by atoms with Gasteiger partial charge in [0.2, 0.25) is 0 Å². The van der Waals surface area contributed by atoms with Gasteiger partial charge < -0.3 is 10.4 Å². The van der Waals surface area contributed by atoms with Crippen LogP contribution < -0.4 is 5.32 Å². The van der Waals surface area contributed by atoms with Crippen LogP contribution in [-0.4, -0.2) is 41.2 Å². The smallest absolute Gasteiger partial charge is 0.396 e. The van der Waals surface area contributed by atoms with E-state index in [1.807, 2.05) is 0 Å². The number of rotatable bonds is 8. The van der Waals surface area contributed by atoms with E-state index in [0.717, 1.165) is 5.75 Å². The van der Waals surface area contributed by atoms with Crippen LogP contribution in [0.1, 0.15) is 16.8 Å². The van der Waals surface area contributed by atoms with Gasteiger partial charge in [-0.15, -0.1) is 0 Å². The summed E-state index contributed by atoms with van der Waals surface area (Å²) in [5.74, 6) is 0.929. The van der Waals surface area contributed by atoms with E-state index in [9.17, 15) is 18.0 Å². The zero-order chi connectivity index (χ0) is 15.7. The minimum Gasteiger partial charge on any atom is -0.396 e. The van der Waals surface area contributed by atoms with E-state index < -0.39 is 11.4 Å². The molecule has 1 amide bonds. The molecule has 0 radical (unpaired) electrons. The quantitative estimate of drug-likeness (QED) is 0.564. The van der Waals surface area contributed by atoms with Gasteiger partial charge in [0.1, 0.15) is 0 Å². The van der Waals surface area contributed by atoms with Gasteiger partial charge in [-0.1, -0.05) is 12.1 Å². The van der Waals surface area contributed by atoms with E-state index >= 15 is 0 Å². The summed E-state index contributed by atoms with van der Waals surface area (Å²) >= 11 is 1.28. The molecule has 1 aromatic rings. The summed E-state index contributed by atoms with van der Waals surface area (Å²) in [6, 6.07) is 5.66. The molecule has 0 aliphatic rings. The van der Waals surface area contributed by atoms with Crippen molar-refractivity contribution < 1.29 is 23.1 Å². The highest BCUT2D eigenvalue weighted by Gasteiger charge is 2.31. The van der Waals surface area contributed by atoms with E-state index in [2.05, 4.69) is 5.32 Å². The Balaban J connectivity index is 2.50. The molecule has 2 N–H and O–H groups in total. The standard InChI is InChI=1S/C13H16F3NO2S2/c14-13(15,16)21-11-5-2-1-4-10(11)12(19)17-6-9-20-8-3-7-18/h1-2,4-5,18H,3,6-9H2,(H,17,19). The molecule has 1 aromatic carbocycles. The third-order valence-electron chi connectivity index (χ3n) is 2.34. The van der Waals surface area contributed by atoms with E-state index in [0.29, 0.717) is 18.7 Å². The summed E-state index contributed by atoms with van der Waals surface area (Å²) in [5.41, 5.74) is -4.39. The number of halogens is 3. The molecule has 0 aromatic heterocycles. The number of alkyl halides is 3. The molecule has 0 aliphatic heterocycles. The number of nitrogens with one attached hydrogen (secondary N) is 1. The molecule has 0 spiro atoms. The van der Waals surface area contributed by atoms with Crippen molar-refractivity contribution in [1.29, 1.82) is 0 Å². The Morgan fingerprint density at radius 2 is 1.95 bits per heavy atom. The Kier molecular flexibility index (Phi) is 7.98. The normalized spacial score (nSPS) is 11.4. The molecule has 0 saturated heterocycles. The maximum absolute atomic E-state index is 12.4. The van der Waals surface area contributed by atoms with Crippen molar-refractivity contribution in [3.63, 3.8) is 0 Å². The summed E-state index contributed by atoms with van der Waals surface area (Å²) in [4.78, 5) is 11.8. The van der Waals surface area contributed by atoms with Crippen LogP contribution in [0, 0.1) is 0 Å². The maximum Gasteiger partial charge on any atom is 0.446 e. The number of hydrogen-bond acceptors (Lipinski definition) is 4. The highest BCUT2D eigenvalue weighted by atomic mass is 32.2. The van der Waals surface area contributed by atoms with Gasteiger partial charge in [-0.2, -0.15) is 24.9 Å². The topological polar surface area (TPSA) is 49.3 Å². The third kappa shape index (κ3) is 7.63. The van der Waals surface area contributed by atoms with Crippen molar-refractivity contribution in [2.75, 3.05) is 24.7 Å². The first-order valence-corrected chi connectivity index (χ1v) is 8.22. The number of carbonyl (C=O) groups excluding carboxylic acids is 1. The van der Waals surface area contributed by atoms with Crippen LogP contribution in [0.5, 0.6) is 0 Å². The number of aliphatic hydroxyl groups excluding tert-OH is 1. The van der Waals surface area contributed by atoms with Crippen LogP contribution >= 0.6 is 23.5 Å². The fourth-order valence-electron chi connectivity index (χ4n) is 1.47. The summed E-state index contributed by atoms with van der Waals surface area (Å²) < 4.78 is 37.3. The fourth-order valence-corrected chi connectivity index (χ4v) is 2.92. The van der Waals surface area contributed by atoms with Crippen molar-refractivity contribution in [3.8, 4) is 0 Å². The SMILES string of the molecule is O=C(NCCSCCCO)c1ccccc1SC(F)(F)F. The lowest BCUT2D eigenvalue weighted by atomic mass is 10.2. The Morgan fingerprint density at radius 3 is 2.62 bits per heavy atom. The molecule has 0 heterocycles. The van der Waals surface area contributed by atoms with Crippen LogP contribution in [0.3, 0.4) is 0 Å². The first kappa shape index (κ1) is 18.2. The second-order valence-electron chi connectivity index (χ2n) is 3.99. The number of carbonyl (C=O) groups is 1. The van der Waals surface area contributed by atoms with E-state index in [4.69, 9.17) is 5.11 Å². The zero-order valence-corrected chi connectivity index (χ0v) is 12.8. The number of thioether (sulfide) groups is 2. The van der Waals surface area contributed by atoms with Gasteiger partial charge in [0.25, 0.3) is 5.91 Å². The highest BCUT2D eigenvalue weighted by Crippen LogP contribution is 2.38. The predicted molar refractivity (Wildman–Crippen MR) is 79.7 cm³/mol. The molecule has 0 bridgehead atoms. The minimum atomic E-state index is -4.42. The number of hydrogen-bond donors (Lipinski definition) is 2. The Labute approximate surface area is 129 Å². The van der Waals surface area contributed by atoms with Crippen LogP contribution in [0.4, 0.5) is 13.2 Å². The molecule has 118 valence electrons. The van der Waals surface area contributed by atoms with Crippen LogP contribution in [0.25, 0.3) is 0 Å². The van der Waals surface area contributed by atoms with E-state index in [1.54, 1.807) is 11.8 Å². The van der Waals surface area contributed by atoms with Gasteiger partial charge in [0.15, 0.2) is 0 Å². The third-order valence-corrected chi connectivity index (χ3v) is 4.21. The number of aliphatic hydroxyl groups is 1. The van der Waals surface area contributed by atoms with Crippen LogP contribution in [0.15, 0.2) is 29.2 Å². The molecule has 0 aliphatic carbocycles. The summed E-state index contributed by atoms with van der Waals surface area (Å²) in [7, 11) is 0. The first-order valence-electron chi connectivity index (χ1n) is 6.25. The van der Waals surface area contributed by atoms with Gasteiger partial charge in [-0.25, -0.2) is 0 Å². The fraction of sp³-hybridized carbons (Fsp3) is 0.462. The van der Waals surface area contributed by atoms with Crippen molar-refractivity contribution in [2.45, 2.75) is 16.8 Å².